The molecule has 0 aromatic rings. The Morgan fingerprint density at radius 1 is 1.17 bits per heavy atom. The van der Waals surface area contributed by atoms with Crippen molar-refractivity contribution < 1.29 is 34.4 Å². The number of hydrogen-bond donors (Lipinski definition) is 3. The molecular weight excluding hydrogens is 388 g/mol. The highest BCUT2D eigenvalue weighted by molar-refractivity contribution is 6.09. The van der Waals surface area contributed by atoms with Crippen LogP contribution in [0, 0.1) is 34.5 Å². The van der Waals surface area contributed by atoms with Gasteiger partial charge in [0.1, 0.15) is 11.5 Å². The predicted octanol–water partition coefficient (Wildman–Crippen LogP) is 2.41. The average molecular weight is 418 g/mol. The minimum Gasteiger partial charge on any atom is -0.481 e. The Labute approximate surface area is 175 Å². The Bertz CT molecular complexity index is 894. The Morgan fingerprint density at radius 3 is 2.47 bits per heavy atom. The molecule has 1 spiro atoms. The number of carboxylic acids is 2. The number of hydrogen-bond acceptors (Lipinski definition) is 5. The molecule has 1 aliphatic heterocycles. The van der Waals surface area contributed by atoms with E-state index >= 15 is 0 Å². The molecular formula is C23H30O7. The van der Waals surface area contributed by atoms with Crippen LogP contribution < -0.4 is 0 Å². The first-order chi connectivity index (χ1) is 14.0. The van der Waals surface area contributed by atoms with E-state index in [0.29, 0.717) is 19.3 Å². The van der Waals surface area contributed by atoms with Crippen molar-refractivity contribution in [2.45, 2.75) is 76.6 Å². The zero-order valence-corrected chi connectivity index (χ0v) is 17.7. The van der Waals surface area contributed by atoms with Gasteiger partial charge in [0.05, 0.1) is 17.6 Å². The Morgan fingerprint density at radius 2 is 1.87 bits per heavy atom. The lowest BCUT2D eigenvalue weighted by molar-refractivity contribution is -0.170. The number of carbonyl (C=O) groups excluding carboxylic acids is 1. The third kappa shape index (κ3) is 1.97. The molecule has 0 bridgehead atoms. The lowest BCUT2D eigenvalue weighted by Crippen LogP contribution is -2.64. The topological polar surface area (TPSA) is 124 Å². The van der Waals surface area contributed by atoms with E-state index in [-0.39, 0.29) is 23.4 Å². The molecule has 0 aromatic heterocycles. The molecule has 7 nitrogen and oxygen atoms in total. The van der Waals surface area contributed by atoms with Crippen LogP contribution >= 0.6 is 0 Å². The SMILES string of the molecule is CC[C@@]1(O)CC[C@H]2[C@@H]3CCC4=CC(=O)C(C(=O)O)C(C(=O)O)[C@]4(C)C34OC4C[C@@]21C. The van der Waals surface area contributed by atoms with E-state index in [9.17, 15) is 29.7 Å². The maximum absolute atomic E-state index is 12.6. The number of carboxylic acid groups (broad SMARTS) is 2. The van der Waals surface area contributed by atoms with Crippen LogP contribution in [0.5, 0.6) is 0 Å². The Kier molecular flexibility index (Phi) is 3.86. The molecule has 4 fully saturated rings. The molecule has 5 aliphatic rings. The van der Waals surface area contributed by atoms with Crippen molar-refractivity contribution in [3.8, 4) is 0 Å². The zero-order valence-electron chi connectivity index (χ0n) is 17.7. The highest BCUT2D eigenvalue weighted by Crippen LogP contribution is 2.77. The molecule has 3 N–H and O–H groups in total. The van der Waals surface area contributed by atoms with E-state index in [1.54, 1.807) is 0 Å². The van der Waals surface area contributed by atoms with E-state index in [1.807, 2.05) is 13.8 Å². The standard InChI is InChI=1S/C23H30O7/c1-4-22(29)8-7-12-13-6-5-11-9-14(24)16(18(25)26)17(19(27)28)21(11,3)23(13)15(30-23)10-20(12,22)2/h9,12-13,15-17,29H,4-8,10H2,1-3H3,(H,25,26)(H,27,28)/t12-,13-,15?,16?,17?,20-,21+,22+,23?/m0/s1. The second-order valence-electron chi connectivity index (χ2n) is 10.6. The first-order valence-corrected chi connectivity index (χ1v) is 11.1. The Hall–Kier alpha value is -1.73. The molecule has 0 radical (unpaired) electrons. The van der Waals surface area contributed by atoms with Crippen molar-refractivity contribution in [3.05, 3.63) is 11.6 Å². The van der Waals surface area contributed by atoms with Gasteiger partial charge >= 0.3 is 11.9 Å². The lowest BCUT2D eigenvalue weighted by Gasteiger charge is -2.58. The third-order valence-electron chi connectivity index (χ3n) is 10.1. The van der Waals surface area contributed by atoms with Gasteiger partial charge < -0.3 is 20.1 Å². The maximum Gasteiger partial charge on any atom is 0.315 e. The summed E-state index contributed by atoms with van der Waals surface area (Å²) in [6.07, 6.45) is 5.40. The Balaban J connectivity index is 1.65. The number of epoxide rings is 1. The highest BCUT2D eigenvalue weighted by atomic mass is 16.6. The number of rotatable bonds is 3. The van der Waals surface area contributed by atoms with Crippen LogP contribution in [0.2, 0.25) is 0 Å². The van der Waals surface area contributed by atoms with E-state index in [2.05, 4.69) is 6.92 Å². The summed E-state index contributed by atoms with van der Waals surface area (Å²) in [4.78, 5) is 36.9. The van der Waals surface area contributed by atoms with Crippen molar-refractivity contribution in [1.29, 1.82) is 0 Å². The number of ether oxygens (including phenoxy) is 1. The molecule has 164 valence electrons. The van der Waals surface area contributed by atoms with Gasteiger partial charge in [0.15, 0.2) is 5.78 Å². The van der Waals surface area contributed by atoms with Crippen molar-refractivity contribution >= 4 is 17.7 Å². The molecule has 5 rings (SSSR count). The first kappa shape index (κ1) is 20.2. The summed E-state index contributed by atoms with van der Waals surface area (Å²) >= 11 is 0. The summed E-state index contributed by atoms with van der Waals surface area (Å²) in [5, 5.41) is 31.2. The number of carbonyl (C=O) groups is 3. The molecule has 0 aromatic carbocycles. The second-order valence-corrected chi connectivity index (χ2v) is 10.6. The van der Waals surface area contributed by atoms with Crippen molar-refractivity contribution in [2.75, 3.05) is 0 Å². The summed E-state index contributed by atoms with van der Waals surface area (Å²) in [6.45, 7) is 5.97. The molecule has 4 unspecified atom stereocenters. The molecule has 0 amide bonds. The van der Waals surface area contributed by atoms with Gasteiger partial charge in [-0.1, -0.05) is 26.3 Å². The minimum atomic E-state index is -1.60. The van der Waals surface area contributed by atoms with Crippen molar-refractivity contribution in [3.63, 3.8) is 0 Å². The largest absolute Gasteiger partial charge is 0.481 e. The molecule has 30 heavy (non-hydrogen) atoms. The lowest BCUT2D eigenvalue weighted by atomic mass is 9.43. The van der Waals surface area contributed by atoms with Gasteiger partial charge in [0.2, 0.25) is 0 Å². The normalized spacial score (nSPS) is 53.7. The van der Waals surface area contributed by atoms with E-state index in [0.717, 1.165) is 24.8 Å². The summed E-state index contributed by atoms with van der Waals surface area (Å²) in [6, 6.07) is 0. The van der Waals surface area contributed by atoms with E-state index in [4.69, 9.17) is 4.74 Å². The average Bonchev–Trinajstić information content (AvgIpc) is 3.32. The molecule has 9 atom stereocenters. The van der Waals surface area contributed by atoms with Crippen LogP contribution in [0.15, 0.2) is 11.6 Å². The van der Waals surface area contributed by atoms with Crippen molar-refractivity contribution in [2.24, 2.45) is 34.5 Å². The van der Waals surface area contributed by atoms with Crippen LogP contribution in [0.4, 0.5) is 0 Å². The monoisotopic (exact) mass is 418 g/mol. The van der Waals surface area contributed by atoms with Crippen molar-refractivity contribution in [1.82, 2.24) is 0 Å². The predicted molar refractivity (Wildman–Crippen MR) is 104 cm³/mol. The summed E-state index contributed by atoms with van der Waals surface area (Å²) in [7, 11) is 0. The van der Waals surface area contributed by atoms with Crippen LogP contribution in [-0.4, -0.2) is 50.3 Å². The van der Waals surface area contributed by atoms with E-state index in [1.165, 1.54) is 6.08 Å². The number of fused-ring (bicyclic) bond motifs is 3. The first-order valence-electron chi connectivity index (χ1n) is 11.1. The zero-order chi connectivity index (χ0) is 21.9. The third-order valence-corrected chi connectivity index (χ3v) is 10.1. The summed E-state index contributed by atoms with van der Waals surface area (Å²) < 4.78 is 6.41. The number of aliphatic carboxylic acids is 2. The van der Waals surface area contributed by atoms with Crippen LogP contribution in [0.1, 0.15) is 59.3 Å². The second kappa shape index (κ2) is 5.74. The molecule has 1 saturated heterocycles. The van der Waals surface area contributed by atoms with Gasteiger partial charge in [0.25, 0.3) is 0 Å². The van der Waals surface area contributed by atoms with Gasteiger partial charge in [-0.05, 0) is 56.4 Å². The van der Waals surface area contributed by atoms with Gasteiger partial charge in [-0.2, -0.15) is 0 Å². The minimum absolute atomic E-state index is 0.0495. The van der Waals surface area contributed by atoms with Gasteiger partial charge in [-0.25, -0.2) is 0 Å². The maximum atomic E-state index is 12.6. The highest BCUT2D eigenvalue weighted by Gasteiger charge is 2.83. The molecule has 1 heterocycles. The summed E-state index contributed by atoms with van der Waals surface area (Å²) in [5.74, 6) is -5.98. The molecule has 4 aliphatic carbocycles. The van der Waals surface area contributed by atoms with Gasteiger partial charge in [0, 0.05) is 10.8 Å². The number of ketones is 1. The van der Waals surface area contributed by atoms with Gasteiger partial charge in [-0.3, -0.25) is 14.4 Å². The van der Waals surface area contributed by atoms with E-state index < -0.39 is 46.2 Å². The fourth-order valence-corrected chi connectivity index (χ4v) is 8.47. The summed E-state index contributed by atoms with van der Waals surface area (Å²) in [5.41, 5.74) is -2.15. The fourth-order valence-electron chi connectivity index (χ4n) is 8.47. The van der Waals surface area contributed by atoms with Crippen LogP contribution in [0.25, 0.3) is 0 Å². The fraction of sp³-hybridized carbons (Fsp3) is 0.783. The molecule has 7 heteroatoms. The van der Waals surface area contributed by atoms with Gasteiger partial charge in [-0.15, -0.1) is 0 Å². The van der Waals surface area contributed by atoms with Crippen LogP contribution in [0.3, 0.4) is 0 Å². The quantitative estimate of drug-likeness (QED) is 0.475. The number of aliphatic hydroxyl groups is 1. The molecule has 3 saturated carbocycles. The van der Waals surface area contributed by atoms with Crippen LogP contribution in [-0.2, 0) is 19.1 Å². The smallest absolute Gasteiger partial charge is 0.315 e.